The van der Waals surface area contributed by atoms with Crippen LogP contribution in [0.1, 0.15) is 37.7 Å². The zero-order chi connectivity index (χ0) is 13.1. The summed E-state index contributed by atoms with van der Waals surface area (Å²) in [5, 5.41) is 3.60. The average Bonchev–Trinajstić information content (AvgIpc) is 2.86. The van der Waals surface area contributed by atoms with Crippen LogP contribution in [0.15, 0.2) is 24.3 Å². The van der Waals surface area contributed by atoms with Crippen molar-refractivity contribution >= 4 is 0 Å². The van der Waals surface area contributed by atoms with Crippen LogP contribution in [-0.2, 0) is 4.74 Å². The number of hydrogen-bond donors (Lipinski definition) is 1. The van der Waals surface area contributed by atoms with Crippen LogP contribution in [-0.4, -0.2) is 31.9 Å². The van der Waals surface area contributed by atoms with E-state index in [2.05, 4.69) is 30.4 Å². The number of rotatable bonds is 4. The average molecular weight is 261 g/mol. The maximum absolute atomic E-state index is 5.81. The molecule has 0 bridgehead atoms. The summed E-state index contributed by atoms with van der Waals surface area (Å²) in [6.07, 6.45) is 3.46. The van der Waals surface area contributed by atoms with Crippen molar-refractivity contribution in [2.75, 3.05) is 26.3 Å². The summed E-state index contributed by atoms with van der Waals surface area (Å²) >= 11 is 0. The first-order chi connectivity index (χ1) is 9.27. The molecular formula is C16H23NO2. The van der Waals surface area contributed by atoms with E-state index in [1.54, 1.807) is 0 Å². The maximum atomic E-state index is 5.81. The van der Waals surface area contributed by atoms with E-state index in [0.29, 0.717) is 5.92 Å². The number of nitrogens with one attached hydrogen (secondary N) is 1. The summed E-state index contributed by atoms with van der Waals surface area (Å²) in [4.78, 5) is 0. The van der Waals surface area contributed by atoms with Gasteiger partial charge in [-0.2, -0.15) is 0 Å². The topological polar surface area (TPSA) is 30.5 Å². The first-order valence-electron chi connectivity index (χ1n) is 7.33. The van der Waals surface area contributed by atoms with E-state index < -0.39 is 0 Å². The van der Waals surface area contributed by atoms with Gasteiger partial charge in [-0.1, -0.05) is 18.2 Å². The predicted molar refractivity (Wildman–Crippen MR) is 75.8 cm³/mol. The van der Waals surface area contributed by atoms with Gasteiger partial charge in [0.2, 0.25) is 0 Å². The van der Waals surface area contributed by atoms with Crippen LogP contribution >= 0.6 is 0 Å². The van der Waals surface area contributed by atoms with E-state index >= 15 is 0 Å². The van der Waals surface area contributed by atoms with E-state index in [4.69, 9.17) is 9.47 Å². The lowest BCUT2D eigenvalue weighted by Crippen LogP contribution is -2.39. The van der Waals surface area contributed by atoms with Crippen LogP contribution < -0.4 is 10.1 Å². The van der Waals surface area contributed by atoms with Gasteiger partial charge in [0.1, 0.15) is 5.75 Å². The first kappa shape index (κ1) is 12.9. The number of benzene rings is 1. The van der Waals surface area contributed by atoms with Gasteiger partial charge in [-0.3, -0.25) is 0 Å². The van der Waals surface area contributed by atoms with E-state index in [0.717, 1.165) is 38.5 Å². The predicted octanol–water partition coefficient (Wildman–Crippen LogP) is 2.71. The first-order valence-corrected chi connectivity index (χ1v) is 7.33. The molecule has 1 N–H and O–H groups in total. The molecule has 0 saturated carbocycles. The molecular weight excluding hydrogens is 238 g/mol. The minimum absolute atomic E-state index is 0.0463. The van der Waals surface area contributed by atoms with E-state index in [1.165, 1.54) is 18.4 Å². The Morgan fingerprint density at radius 1 is 1.32 bits per heavy atom. The Balaban J connectivity index is 1.56. The fourth-order valence-electron chi connectivity index (χ4n) is 3.11. The van der Waals surface area contributed by atoms with Crippen LogP contribution in [0.4, 0.5) is 0 Å². The zero-order valence-electron chi connectivity index (χ0n) is 11.7. The fourth-order valence-corrected chi connectivity index (χ4v) is 3.11. The Labute approximate surface area is 115 Å². The molecule has 2 aliphatic heterocycles. The molecule has 1 aromatic carbocycles. The van der Waals surface area contributed by atoms with E-state index in [9.17, 15) is 0 Å². The summed E-state index contributed by atoms with van der Waals surface area (Å²) in [7, 11) is 0. The lowest BCUT2D eigenvalue weighted by molar-refractivity contribution is 0.0206. The Hall–Kier alpha value is -1.06. The molecule has 0 radical (unpaired) electrons. The summed E-state index contributed by atoms with van der Waals surface area (Å²) in [6.45, 7) is 5.92. The van der Waals surface area contributed by atoms with E-state index in [1.807, 2.05) is 6.07 Å². The molecule has 104 valence electrons. The molecule has 2 heterocycles. The lowest BCUT2D eigenvalue weighted by atomic mass is 9.92. The van der Waals surface area contributed by atoms with E-state index in [-0.39, 0.29) is 5.60 Å². The molecule has 0 spiro atoms. The largest absolute Gasteiger partial charge is 0.493 e. The zero-order valence-corrected chi connectivity index (χ0v) is 11.7. The Kier molecular flexibility index (Phi) is 3.76. The second kappa shape index (κ2) is 5.51. The van der Waals surface area contributed by atoms with Gasteiger partial charge >= 0.3 is 0 Å². The fraction of sp³-hybridized carbons (Fsp3) is 0.625. The molecule has 1 fully saturated rings. The number of para-hydroxylation sites is 1. The van der Waals surface area contributed by atoms with Crippen molar-refractivity contribution in [2.45, 2.75) is 37.7 Å². The Morgan fingerprint density at radius 3 is 3.05 bits per heavy atom. The summed E-state index contributed by atoms with van der Waals surface area (Å²) in [5.74, 6) is 1.62. The molecule has 19 heavy (non-hydrogen) atoms. The van der Waals surface area contributed by atoms with Crippen LogP contribution in [0.3, 0.4) is 0 Å². The number of hydrogen-bond acceptors (Lipinski definition) is 3. The molecule has 3 nitrogen and oxygen atoms in total. The van der Waals surface area contributed by atoms with Gasteiger partial charge in [-0.15, -0.1) is 0 Å². The minimum atomic E-state index is 0.0463. The molecule has 3 rings (SSSR count). The van der Waals surface area contributed by atoms with Crippen molar-refractivity contribution in [2.24, 2.45) is 0 Å². The Morgan fingerprint density at radius 2 is 2.21 bits per heavy atom. The monoisotopic (exact) mass is 261 g/mol. The van der Waals surface area contributed by atoms with Crippen LogP contribution in [0.2, 0.25) is 0 Å². The molecule has 1 saturated heterocycles. The number of ether oxygens (including phenoxy) is 2. The van der Waals surface area contributed by atoms with Gasteiger partial charge in [0.25, 0.3) is 0 Å². The molecule has 0 aromatic heterocycles. The maximum Gasteiger partial charge on any atom is 0.122 e. The standard InChI is InChI=1S/C16H23NO2/c1-16(8-4-9-19-16)12-17-11-13-7-10-18-15-6-3-2-5-14(13)15/h2-3,5-6,13,17H,4,7-12H2,1H3. The highest BCUT2D eigenvalue weighted by Gasteiger charge is 2.30. The molecule has 3 heteroatoms. The van der Waals surface area contributed by atoms with Crippen molar-refractivity contribution in [1.82, 2.24) is 5.32 Å². The van der Waals surface area contributed by atoms with Crippen molar-refractivity contribution in [3.05, 3.63) is 29.8 Å². The lowest BCUT2D eigenvalue weighted by Gasteiger charge is -2.28. The molecule has 2 atom stereocenters. The van der Waals surface area contributed by atoms with Gasteiger partial charge in [0, 0.05) is 25.6 Å². The Bertz CT molecular complexity index is 427. The second-order valence-corrected chi connectivity index (χ2v) is 5.90. The minimum Gasteiger partial charge on any atom is -0.493 e. The van der Waals surface area contributed by atoms with Crippen LogP contribution in [0.5, 0.6) is 5.75 Å². The molecule has 2 unspecified atom stereocenters. The molecule has 1 aromatic rings. The summed E-state index contributed by atoms with van der Waals surface area (Å²) < 4.78 is 11.5. The van der Waals surface area contributed by atoms with Gasteiger partial charge in [0.05, 0.1) is 12.2 Å². The third-order valence-corrected chi connectivity index (χ3v) is 4.27. The van der Waals surface area contributed by atoms with Gasteiger partial charge in [-0.25, -0.2) is 0 Å². The van der Waals surface area contributed by atoms with Crippen molar-refractivity contribution in [1.29, 1.82) is 0 Å². The SMILES string of the molecule is CC1(CNCC2CCOc3ccccc32)CCCO1. The summed E-state index contributed by atoms with van der Waals surface area (Å²) in [6, 6.07) is 8.40. The van der Waals surface area contributed by atoms with Gasteiger partial charge in [0.15, 0.2) is 0 Å². The van der Waals surface area contributed by atoms with Crippen molar-refractivity contribution in [3.8, 4) is 5.75 Å². The number of fused-ring (bicyclic) bond motifs is 1. The quantitative estimate of drug-likeness (QED) is 0.904. The second-order valence-electron chi connectivity index (χ2n) is 5.90. The van der Waals surface area contributed by atoms with Crippen molar-refractivity contribution in [3.63, 3.8) is 0 Å². The summed E-state index contributed by atoms with van der Waals surface area (Å²) in [5.41, 5.74) is 1.39. The normalized spacial score (nSPS) is 29.8. The third kappa shape index (κ3) is 2.93. The van der Waals surface area contributed by atoms with Gasteiger partial charge < -0.3 is 14.8 Å². The highest BCUT2D eigenvalue weighted by atomic mass is 16.5. The molecule has 2 aliphatic rings. The highest BCUT2D eigenvalue weighted by Crippen LogP contribution is 2.33. The van der Waals surface area contributed by atoms with Crippen molar-refractivity contribution < 1.29 is 9.47 Å². The molecule has 0 amide bonds. The molecule has 0 aliphatic carbocycles. The van der Waals surface area contributed by atoms with Crippen LogP contribution in [0.25, 0.3) is 0 Å². The van der Waals surface area contributed by atoms with Gasteiger partial charge in [-0.05, 0) is 37.8 Å². The smallest absolute Gasteiger partial charge is 0.122 e. The van der Waals surface area contributed by atoms with Crippen LogP contribution in [0, 0.1) is 0 Å². The highest BCUT2D eigenvalue weighted by molar-refractivity contribution is 5.37. The third-order valence-electron chi connectivity index (χ3n) is 4.27.